The van der Waals surface area contributed by atoms with Crippen LogP contribution in [0.15, 0.2) is 18.2 Å². The van der Waals surface area contributed by atoms with Gasteiger partial charge in [-0.3, -0.25) is 4.57 Å². The van der Waals surface area contributed by atoms with Gasteiger partial charge >= 0.3 is 7.60 Å². The Kier molecular flexibility index (Phi) is 5.09. The van der Waals surface area contributed by atoms with Crippen LogP contribution in [0, 0.1) is 0 Å². The summed E-state index contributed by atoms with van der Waals surface area (Å²) in [5.74, 6) is 0.528. The van der Waals surface area contributed by atoms with E-state index in [1.54, 1.807) is 18.2 Å². The Morgan fingerprint density at radius 1 is 1.25 bits per heavy atom. The number of hydrogen-bond donors (Lipinski definition) is 2. The van der Waals surface area contributed by atoms with E-state index in [2.05, 4.69) is 0 Å². The highest BCUT2D eigenvalue weighted by Crippen LogP contribution is 2.34. The minimum atomic E-state index is -3.93. The molecule has 0 aromatic heterocycles. The molecule has 0 radical (unpaired) electrons. The zero-order chi connectivity index (χ0) is 12.2. The lowest BCUT2D eigenvalue weighted by Crippen LogP contribution is -2.00. The van der Waals surface area contributed by atoms with E-state index in [4.69, 9.17) is 37.7 Å². The summed E-state index contributed by atoms with van der Waals surface area (Å²) in [6.45, 7) is 0.225. The fraction of sp³-hybridized carbons (Fsp3) is 0.333. The van der Waals surface area contributed by atoms with E-state index in [1.807, 2.05) is 0 Å². The largest absolute Gasteiger partial charge is 0.494 e. The highest BCUT2D eigenvalue weighted by molar-refractivity contribution is 7.51. The molecule has 0 heterocycles. The molecule has 0 saturated carbocycles. The van der Waals surface area contributed by atoms with Crippen molar-refractivity contribution in [2.45, 2.75) is 6.42 Å². The highest BCUT2D eigenvalue weighted by atomic mass is 35.5. The summed E-state index contributed by atoms with van der Waals surface area (Å²) in [5, 5.41) is 0.818. The average Bonchev–Trinajstić information content (AvgIpc) is 2.17. The number of halogens is 2. The molecule has 2 N–H and O–H groups in total. The minimum Gasteiger partial charge on any atom is -0.494 e. The van der Waals surface area contributed by atoms with Gasteiger partial charge in [0.05, 0.1) is 22.8 Å². The van der Waals surface area contributed by atoms with Gasteiger partial charge in [0.2, 0.25) is 0 Å². The molecule has 90 valence electrons. The average molecular weight is 285 g/mol. The molecule has 1 rings (SSSR count). The van der Waals surface area contributed by atoms with Gasteiger partial charge in [-0.15, -0.1) is 0 Å². The molecule has 0 fully saturated rings. The third-order valence-electron chi connectivity index (χ3n) is 1.75. The predicted molar refractivity (Wildman–Crippen MR) is 63.5 cm³/mol. The monoisotopic (exact) mass is 284 g/mol. The van der Waals surface area contributed by atoms with Crippen LogP contribution in [0.25, 0.3) is 0 Å². The Hall–Kier alpha value is -0.250. The molecule has 7 heteroatoms. The molecule has 0 bridgehead atoms. The SMILES string of the molecule is O=P(O)(O)CCCOc1ccc(Cl)c(Cl)c1. The van der Waals surface area contributed by atoms with E-state index in [9.17, 15) is 4.57 Å². The fourth-order valence-corrected chi connectivity index (χ4v) is 1.86. The minimum absolute atomic E-state index is 0.186. The molecular formula is C9H11Cl2O4P. The summed E-state index contributed by atoms with van der Waals surface area (Å²) in [4.78, 5) is 17.2. The maximum absolute atomic E-state index is 10.5. The predicted octanol–water partition coefficient (Wildman–Crippen LogP) is 2.94. The molecular weight excluding hydrogens is 274 g/mol. The van der Waals surface area contributed by atoms with Crippen molar-refractivity contribution < 1.29 is 19.1 Å². The number of hydrogen-bond acceptors (Lipinski definition) is 2. The molecule has 0 saturated heterocycles. The van der Waals surface area contributed by atoms with E-state index >= 15 is 0 Å². The molecule has 0 aliphatic carbocycles. The van der Waals surface area contributed by atoms with Crippen LogP contribution in [-0.2, 0) is 4.57 Å². The second-order valence-corrected chi connectivity index (χ2v) is 5.76. The summed E-state index contributed by atoms with van der Waals surface area (Å²) in [7, 11) is -3.93. The standard InChI is InChI=1S/C9H11Cl2O4P/c10-8-3-2-7(6-9(8)11)15-4-1-5-16(12,13)14/h2-3,6H,1,4-5H2,(H2,12,13,14). The highest BCUT2D eigenvalue weighted by Gasteiger charge is 2.11. The Balaban J connectivity index is 2.38. The van der Waals surface area contributed by atoms with Gasteiger partial charge in [0, 0.05) is 6.07 Å². The van der Waals surface area contributed by atoms with Crippen molar-refractivity contribution >= 4 is 30.8 Å². The first kappa shape index (κ1) is 13.8. The summed E-state index contributed by atoms with van der Waals surface area (Å²) in [6, 6.07) is 4.80. The van der Waals surface area contributed by atoms with Crippen molar-refractivity contribution in [3.8, 4) is 5.75 Å². The zero-order valence-corrected chi connectivity index (χ0v) is 10.7. The summed E-state index contributed by atoms with van der Waals surface area (Å²) in [6.07, 6.45) is 0.0961. The molecule has 0 amide bonds. The number of rotatable bonds is 5. The first-order valence-electron chi connectivity index (χ1n) is 4.51. The normalized spacial score (nSPS) is 11.5. The van der Waals surface area contributed by atoms with Crippen LogP contribution < -0.4 is 4.74 Å². The van der Waals surface area contributed by atoms with Gasteiger partial charge in [-0.1, -0.05) is 23.2 Å². The van der Waals surface area contributed by atoms with Crippen molar-refractivity contribution in [3.05, 3.63) is 28.2 Å². The summed E-state index contributed by atoms with van der Waals surface area (Å²) < 4.78 is 15.8. The van der Waals surface area contributed by atoms with Gasteiger partial charge in [0.1, 0.15) is 5.75 Å². The van der Waals surface area contributed by atoms with E-state index in [-0.39, 0.29) is 19.2 Å². The topological polar surface area (TPSA) is 66.8 Å². The Bertz CT molecular complexity index is 404. The third kappa shape index (κ3) is 5.19. The van der Waals surface area contributed by atoms with Gasteiger partial charge in [-0.2, -0.15) is 0 Å². The van der Waals surface area contributed by atoms with Crippen LogP contribution in [0.2, 0.25) is 10.0 Å². The van der Waals surface area contributed by atoms with E-state index < -0.39 is 7.60 Å². The van der Waals surface area contributed by atoms with Crippen LogP contribution in [-0.4, -0.2) is 22.6 Å². The lowest BCUT2D eigenvalue weighted by Gasteiger charge is -2.07. The lowest BCUT2D eigenvalue weighted by molar-refractivity contribution is 0.309. The van der Waals surface area contributed by atoms with E-state index in [1.165, 1.54) is 0 Å². The second kappa shape index (κ2) is 5.89. The fourth-order valence-electron chi connectivity index (χ4n) is 1.03. The molecule has 16 heavy (non-hydrogen) atoms. The van der Waals surface area contributed by atoms with Crippen LogP contribution >= 0.6 is 30.8 Å². The van der Waals surface area contributed by atoms with Gasteiger partial charge in [0.15, 0.2) is 0 Å². The Morgan fingerprint density at radius 3 is 2.50 bits per heavy atom. The van der Waals surface area contributed by atoms with Crippen molar-refractivity contribution in [1.82, 2.24) is 0 Å². The summed E-state index contributed by atoms with van der Waals surface area (Å²) >= 11 is 11.5. The molecule has 0 aliphatic rings. The second-order valence-electron chi connectivity index (χ2n) is 3.17. The van der Waals surface area contributed by atoms with Crippen LogP contribution in [0.5, 0.6) is 5.75 Å². The van der Waals surface area contributed by atoms with Crippen LogP contribution in [0.1, 0.15) is 6.42 Å². The lowest BCUT2D eigenvalue weighted by atomic mass is 10.3. The third-order valence-corrected chi connectivity index (χ3v) is 3.39. The van der Waals surface area contributed by atoms with Crippen LogP contribution in [0.3, 0.4) is 0 Å². The van der Waals surface area contributed by atoms with Gasteiger partial charge < -0.3 is 14.5 Å². The number of benzene rings is 1. The van der Waals surface area contributed by atoms with Crippen molar-refractivity contribution in [3.63, 3.8) is 0 Å². The van der Waals surface area contributed by atoms with E-state index in [0.717, 1.165) is 0 Å². The molecule has 0 spiro atoms. The molecule has 1 aromatic carbocycles. The molecule has 4 nitrogen and oxygen atoms in total. The zero-order valence-electron chi connectivity index (χ0n) is 8.27. The quantitative estimate of drug-likeness (QED) is 0.644. The molecule has 0 atom stereocenters. The van der Waals surface area contributed by atoms with E-state index in [0.29, 0.717) is 15.8 Å². The van der Waals surface area contributed by atoms with Crippen molar-refractivity contribution in [2.24, 2.45) is 0 Å². The van der Waals surface area contributed by atoms with Crippen molar-refractivity contribution in [1.29, 1.82) is 0 Å². The first-order valence-corrected chi connectivity index (χ1v) is 7.06. The first-order chi connectivity index (χ1) is 7.38. The Morgan fingerprint density at radius 2 is 1.94 bits per heavy atom. The van der Waals surface area contributed by atoms with Gasteiger partial charge in [0.25, 0.3) is 0 Å². The maximum Gasteiger partial charge on any atom is 0.325 e. The van der Waals surface area contributed by atoms with Crippen molar-refractivity contribution in [2.75, 3.05) is 12.8 Å². The molecule has 1 aromatic rings. The Labute approximate surface area is 103 Å². The smallest absolute Gasteiger partial charge is 0.325 e. The maximum atomic E-state index is 10.5. The number of ether oxygens (including phenoxy) is 1. The van der Waals surface area contributed by atoms with Crippen LogP contribution in [0.4, 0.5) is 0 Å². The molecule has 0 aliphatic heterocycles. The molecule has 0 unspecified atom stereocenters. The van der Waals surface area contributed by atoms with Gasteiger partial charge in [-0.05, 0) is 18.6 Å². The summed E-state index contributed by atoms with van der Waals surface area (Å²) in [5.41, 5.74) is 0. The van der Waals surface area contributed by atoms with Gasteiger partial charge in [-0.25, -0.2) is 0 Å².